The van der Waals surface area contributed by atoms with Gasteiger partial charge in [0.2, 0.25) is 11.8 Å². The van der Waals surface area contributed by atoms with E-state index in [-0.39, 0.29) is 12.3 Å². The number of hydrogen-bond donors (Lipinski definition) is 1. The van der Waals surface area contributed by atoms with Crippen molar-refractivity contribution in [3.05, 3.63) is 58.1 Å². The van der Waals surface area contributed by atoms with E-state index in [0.29, 0.717) is 22.5 Å². The Labute approximate surface area is 176 Å². The van der Waals surface area contributed by atoms with Gasteiger partial charge in [-0.15, -0.1) is 22.7 Å². The van der Waals surface area contributed by atoms with Crippen LogP contribution in [-0.4, -0.2) is 23.0 Å². The van der Waals surface area contributed by atoms with Crippen molar-refractivity contribution >= 4 is 33.7 Å². The summed E-state index contributed by atoms with van der Waals surface area (Å²) in [6.45, 7) is 3.83. The van der Waals surface area contributed by atoms with Crippen LogP contribution in [0.2, 0.25) is 0 Å². The van der Waals surface area contributed by atoms with E-state index in [2.05, 4.69) is 15.3 Å². The van der Waals surface area contributed by atoms with E-state index in [1.807, 2.05) is 54.9 Å². The minimum absolute atomic E-state index is 0.128. The smallest absolute Gasteiger partial charge is 0.236 e. The van der Waals surface area contributed by atoms with Gasteiger partial charge in [-0.25, -0.2) is 9.97 Å². The lowest BCUT2D eigenvalue weighted by Crippen LogP contribution is -2.15. The van der Waals surface area contributed by atoms with E-state index in [1.54, 1.807) is 18.4 Å². The van der Waals surface area contributed by atoms with Gasteiger partial charge in [-0.3, -0.25) is 4.79 Å². The molecule has 0 bridgehead atoms. The Bertz CT molecular complexity index is 1150. The summed E-state index contributed by atoms with van der Waals surface area (Å²) in [5, 5.41) is 7.26. The van der Waals surface area contributed by atoms with Crippen LogP contribution in [0.5, 0.6) is 5.75 Å². The van der Waals surface area contributed by atoms with Gasteiger partial charge < -0.3 is 14.5 Å². The van der Waals surface area contributed by atoms with Crippen LogP contribution in [0.4, 0.5) is 5.13 Å². The van der Waals surface area contributed by atoms with Gasteiger partial charge >= 0.3 is 0 Å². The van der Waals surface area contributed by atoms with E-state index in [4.69, 9.17) is 9.15 Å². The van der Waals surface area contributed by atoms with E-state index < -0.39 is 0 Å². The maximum absolute atomic E-state index is 12.5. The Balaban J connectivity index is 1.47. The molecule has 0 aliphatic heterocycles. The average Bonchev–Trinajstić information content (AvgIpc) is 3.44. The van der Waals surface area contributed by atoms with Crippen LogP contribution in [0.15, 0.2) is 45.5 Å². The summed E-state index contributed by atoms with van der Waals surface area (Å²) in [7, 11) is 1.63. The molecule has 4 rings (SSSR count). The molecule has 0 radical (unpaired) electrons. The van der Waals surface area contributed by atoms with Gasteiger partial charge in [-0.1, -0.05) is 17.7 Å². The summed E-state index contributed by atoms with van der Waals surface area (Å²) < 4.78 is 11.1. The molecule has 8 heteroatoms. The zero-order chi connectivity index (χ0) is 20.4. The molecule has 3 heterocycles. The monoisotopic (exact) mass is 425 g/mol. The number of nitrogens with zero attached hydrogens (tertiary/aromatic N) is 2. The van der Waals surface area contributed by atoms with E-state index in [1.165, 1.54) is 11.3 Å². The summed E-state index contributed by atoms with van der Waals surface area (Å²) in [4.78, 5) is 22.5. The molecular formula is C21H19N3O3S2. The van der Waals surface area contributed by atoms with Gasteiger partial charge in [0.15, 0.2) is 5.13 Å². The Kier molecular flexibility index (Phi) is 5.46. The molecular weight excluding hydrogens is 406 g/mol. The van der Waals surface area contributed by atoms with Crippen LogP contribution in [0.25, 0.3) is 22.0 Å². The molecule has 1 aromatic carbocycles. The molecule has 3 aromatic heterocycles. The van der Waals surface area contributed by atoms with Crippen LogP contribution in [0, 0.1) is 13.8 Å². The molecule has 0 unspecified atom stereocenters. The summed E-state index contributed by atoms with van der Waals surface area (Å²) >= 11 is 2.92. The largest absolute Gasteiger partial charge is 0.496 e. The number of methoxy groups -OCH3 is 1. The molecule has 4 aromatic rings. The molecule has 0 fully saturated rings. The minimum Gasteiger partial charge on any atom is -0.496 e. The van der Waals surface area contributed by atoms with Crippen molar-refractivity contribution in [2.24, 2.45) is 0 Å². The lowest BCUT2D eigenvalue weighted by atomic mass is 10.1. The summed E-state index contributed by atoms with van der Waals surface area (Å²) in [6, 6.07) is 9.80. The number of oxazole rings is 1. The molecule has 1 amide bonds. The Hall–Kier alpha value is -2.97. The first-order chi connectivity index (χ1) is 14.0. The first kappa shape index (κ1) is 19.4. The third-order valence-corrected chi connectivity index (χ3v) is 5.95. The molecule has 0 aliphatic rings. The van der Waals surface area contributed by atoms with Crippen LogP contribution in [0.1, 0.15) is 17.0 Å². The molecule has 0 aliphatic carbocycles. The van der Waals surface area contributed by atoms with Crippen molar-refractivity contribution in [2.45, 2.75) is 20.3 Å². The summed E-state index contributed by atoms with van der Waals surface area (Å²) in [5.74, 6) is 1.76. The average molecular weight is 426 g/mol. The highest BCUT2D eigenvalue weighted by Crippen LogP contribution is 2.33. The Morgan fingerprint density at radius 1 is 1.21 bits per heavy atom. The topological polar surface area (TPSA) is 77.2 Å². The fourth-order valence-electron chi connectivity index (χ4n) is 2.89. The maximum atomic E-state index is 12.5. The van der Waals surface area contributed by atoms with Crippen molar-refractivity contribution in [1.29, 1.82) is 0 Å². The van der Waals surface area contributed by atoms with Crippen molar-refractivity contribution in [3.8, 4) is 27.8 Å². The first-order valence-corrected chi connectivity index (χ1v) is 10.7. The number of carbonyl (C=O) groups excluding carboxylic acids is 1. The predicted octanol–water partition coefficient (Wildman–Crippen LogP) is 5.33. The molecule has 0 spiro atoms. The third kappa shape index (κ3) is 4.23. The van der Waals surface area contributed by atoms with Crippen molar-refractivity contribution in [2.75, 3.05) is 12.4 Å². The third-order valence-electron chi connectivity index (χ3n) is 4.33. The van der Waals surface area contributed by atoms with Gasteiger partial charge in [0.05, 0.1) is 29.8 Å². The zero-order valence-corrected chi connectivity index (χ0v) is 17.8. The van der Waals surface area contributed by atoms with Crippen molar-refractivity contribution in [3.63, 3.8) is 0 Å². The van der Waals surface area contributed by atoms with Crippen LogP contribution in [-0.2, 0) is 11.2 Å². The Morgan fingerprint density at radius 2 is 2.07 bits per heavy atom. The number of aromatic nitrogens is 2. The lowest BCUT2D eigenvalue weighted by Gasteiger charge is -2.07. The highest BCUT2D eigenvalue weighted by Gasteiger charge is 2.17. The second-order valence-corrected chi connectivity index (χ2v) is 8.27. The molecule has 29 heavy (non-hydrogen) atoms. The number of amides is 1. The van der Waals surface area contributed by atoms with Crippen molar-refractivity contribution in [1.82, 2.24) is 9.97 Å². The second kappa shape index (κ2) is 8.18. The van der Waals surface area contributed by atoms with Crippen LogP contribution in [0.3, 0.4) is 0 Å². The SMILES string of the molecule is COc1ccc(C)cc1-c1csc(NC(=O)Cc2nc(-c3cccs3)oc2C)n1. The van der Waals surface area contributed by atoms with Gasteiger partial charge in [-0.2, -0.15) is 0 Å². The molecule has 0 atom stereocenters. The number of carbonyl (C=O) groups is 1. The van der Waals surface area contributed by atoms with Gasteiger partial charge in [-0.05, 0) is 37.4 Å². The number of thiazole rings is 1. The fraction of sp³-hybridized carbons (Fsp3) is 0.190. The quantitative estimate of drug-likeness (QED) is 0.452. The molecule has 148 valence electrons. The highest BCUT2D eigenvalue weighted by molar-refractivity contribution is 7.14. The van der Waals surface area contributed by atoms with E-state index in [0.717, 1.165) is 27.4 Å². The van der Waals surface area contributed by atoms with Gasteiger partial charge in [0.1, 0.15) is 11.5 Å². The maximum Gasteiger partial charge on any atom is 0.236 e. The van der Waals surface area contributed by atoms with Crippen LogP contribution < -0.4 is 10.1 Å². The number of anilines is 1. The Morgan fingerprint density at radius 3 is 2.83 bits per heavy atom. The second-order valence-electron chi connectivity index (χ2n) is 6.47. The number of ether oxygens (including phenoxy) is 1. The first-order valence-electron chi connectivity index (χ1n) is 8.94. The highest BCUT2D eigenvalue weighted by atomic mass is 32.1. The number of aryl methyl sites for hydroxylation is 2. The molecule has 0 saturated heterocycles. The standard InChI is InChI=1S/C21H19N3O3S2/c1-12-6-7-17(26-3)14(9-12)16-11-29-21(23-16)24-19(25)10-15-13(2)27-20(22-15)18-5-4-8-28-18/h4-9,11H,10H2,1-3H3,(H,23,24,25). The molecule has 6 nitrogen and oxygen atoms in total. The minimum atomic E-state index is -0.184. The number of benzene rings is 1. The molecule has 1 N–H and O–H groups in total. The summed E-state index contributed by atoms with van der Waals surface area (Å²) in [6.07, 6.45) is 0.128. The normalized spacial score (nSPS) is 10.9. The number of nitrogens with one attached hydrogen (secondary N) is 1. The van der Waals surface area contributed by atoms with E-state index >= 15 is 0 Å². The summed E-state index contributed by atoms with van der Waals surface area (Å²) in [5.41, 5.74) is 3.41. The number of rotatable bonds is 6. The molecule has 0 saturated carbocycles. The van der Waals surface area contributed by atoms with Crippen molar-refractivity contribution < 1.29 is 13.9 Å². The zero-order valence-electron chi connectivity index (χ0n) is 16.2. The lowest BCUT2D eigenvalue weighted by molar-refractivity contribution is -0.115. The van der Waals surface area contributed by atoms with E-state index in [9.17, 15) is 4.79 Å². The van der Waals surface area contributed by atoms with Gasteiger partial charge in [0, 0.05) is 10.9 Å². The predicted molar refractivity (Wildman–Crippen MR) is 116 cm³/mol. The number of hydrogen-bond acceptors (Lipinski definition) is 7. The van der Waals surface area contributed by atoms with Crippen LogP contribution >= 0.6 is 22.7 Å². The fourth-order valence-corrected chi connectivity index (χ4v) is 4.27. The number of thiophene rings is 1. The van der Waals surface area contributed by atoms with Gasteiger partial charge in [0.25, 0.3) is 0 Å².